The van der Waals surface area contributed by atoms with Gasteiger partial charge in [-0.25, -0.2) is 4.79 Å². The summed E-state index contributed by atoms with van der Waals surface area (Å²) in [5, 5.41) is 12.6. The van der Waals surface area contributed by atoms with Crippen molar-refractivity contribution in [2.45, 2.75) is 142 Å². The maximum Gasteiger partial charge on any atom is 0.331 e. The van der Waals surface area contributed by atoms with Crippen LogP contribution in [0, 0.1) is 34.5 Å². The Morgan fingerprint density at radius 3 is 2.14 bits per heavy atom. The third-order valence-corrected chi connectivity index (χ3v) is 13.2. The molecule has 50 heavy (non-hydrogen) atoms. The Morgan fingerprint density at radius 2 is 1.50 bits per heavy atom. The zero-order valence-corrected chi connectivity index (χ0v) is 30.0. The number of hydrogen-bond donors (Lipinski definition) is 1. The Morgan fingerprint density at radius 1 is 0.820 bits per heavy atom. The average molecular weight is 705 g/mol. The standard InChI is InChI=1S/C37H52O13/c1-19(38)44-18-29-31(46-20(2)39)32(47-21(3)40)33(48-22(4)41)34(50-29)49-25-9-12-35(5)24(16-25)7-8-28-27(35)10-13-36(6)26(11-14-37(28,36)43)23-15-30(42)45-17-23/h15,24-29,31-34,43H,7-14,16-18H2,1-6H3. The van der Waals surface area contributed by atoms with Crippen LogP contribution in [0.4, 0.5) is 0 Å². The second-order valence-corrected chi connectivity index (χ2v) is 15.9. The number of ether oxygens (including phenoxy) is 7. The zero-order valence-electron chi connectivity index (χ0n) is 30.0. The fourth-order valence-corrected chi connectivity index (χ4v) is 11.0. The first-order valence-electron chi connectivity index (χ1n) is 18.1. The third-order valence-electron chi connectivity index (χ3n) is 13.2. The van der Waals surface area contributed by atoms with E-state index in [4.69, 9.17) is 33.2 Å². The summed E-state index contributed by atoms with van der Waals surface area (Å²) in [4.78, 5) is 60.3. The summed E-state index contributed by atoms with van der Waals surface area (Å²) in [6, 6.07) is 0. The number of fused-ring (bicyclic) bond motifs is 5. The van der Waals surface area contributed by atoms with Crippen LogP contribution in [0.3, 0.4) is 0 Å². The summed E-state index contributed by atoms with van der Waals surface area (Å²) in [5.74, 6) is -1.99. The fraction of sp³-hybridized carbons (Fsp3) is 0.811. The van der Waals surface area contributed by atoms with Crippen molar-refractivity contribution in [2.24, 2.45) is 34.5 Å². The largest absolute Gasteiger partial charge is 0.463 e. The molecule has 13 heteroatoms. The minimum absolute atomic E-state index is 0.0229. The molecule has 0 spiro atoms. The second kappa shape index (κ2) is 13.8. The Bertz CT molecular complexity index is 1410. The van der Waals surface area contributed by atoms with Crippen LogP contribution in [-0.4, -0.2) is 90.6 Å². The molecule has 278 valence electrons. The summed E-state index contributed by atoms with van der Waals surface area (Å²) in [6.45, 7) is 9.42. The Balaban J connectivity index is 1.19. The summed E-state index contributed by atoms with van der Waals surface area (Å²) >= 11 is 0. The number of hydrogen-bond acceptors (Lipinski definition) is 13. The number of cyclic esters (lactones) is 1. The van der Waals surface area contributed by atoms with Crippen molar-refractivity contribution in [3.8, 4) is 0 Å². The van der Waals surface area contributed by atoms with Crippen molar-refractivity contribution in [1.29, 1.82) is 0 Å². The summed E-state index contributed by atoms with van der Waals surface area (Å²) in [7, 11) is 0. The lowest BCUT2D eigenvalue weighted by atomic mass is 9.43. The van der Waals surface area contributed by atoms with Gasteiger partial charge in [0.25, 0.3) is 0 Å². The van der Waals surface area contributed by atoms with Gasteiger partial charge in [-0.05, 0) is 92.4 Å². The predicted molar refractivity (Wildman–Crippen MR) is 173 cm³/mol. The maximum atomic E-state index is 12.6. The van der Waals surface area contributed by atoms with E-state index in [1.165, 1.54) is 27.7 Å². The van der Waals surface area contributed by atoms with Crippen LogP contribution >= 0.6 is 0 Å². The first-order valence-corrected chi connectivity index (χ1v) is 18.1. The molecule has 2 aliphatic heterocycles. The molecule has 0 bridgehead atoms. The molecule has 0 aromatic carbocycles. The van der Waals surface area contributed by atoms with Gasteiger partial charge in [-0.3, -0.25) is 19.2 Å². The minimum Gasteiger partial charge on any atom is -0.463 e. The highest BCUT2D eigenvalue weighted by atomic mass is 16.7. The van der Waals surface area contributed by atoms with E-state index < -0.39 is 60.2 Å². The van der Waals surface area contributed by atoms with E-state index in [1.54, 1.807) is 6.08 Å². The second-order valence-electron chi connectivity index (χ2n) is 15.9. The Labute approximate surface area is 293 Å². The van der Waals surface area contributed by atoms with Crippen LogP contribution in [0.5, 0.6) is 0 Å². The first kappa shape index (κ1) is 36.8. The molecule has 4 saturated carbocycles. The summed E-state index contributed by atoms with van der Waals surface area (Å²) in [5.41, 5.74) is -0.132. The van der Waals surface area contributed by atoms with Gasteiger partial charge in [0.1, 0.15) is 19.3 Å². The van der Waals surface area contributed by atoms with Gasteiger partial charge in [0, 0.05) is 39.2 Å². The quantitative estimate of drug-likeness (QED) is 0.221. The van der Waals surface area contributed by atoms with Gasteiger partial charge in [-0.15, -0.1) is 0 Å². The molecule has 13 nitrogen and oxygen atoms in total. The van der Waals surface area contributed by atoms with E-state index in [2.05, 4.69) is 13.8 Å². The van der Waals surface area contributed by atoms with E-state index in [0.717, 1.165) is 56.9 Å². The van der Waals surface area contributed by atoms with Gasteiger partial charge in [0.2, 0.25) is 0 Å². The Kier molecular flexibility index (Phi) is 10.2. The lowest BCUT2D eigenvalue weighted by Crippen LogP contribution is -2.64. The molecule has 13 unspecified atom stereocenters. The molecule has 13 atom stereocenters. The van der Waals surface area contributed by atoms with E-state index >= 15 is 0 Å². The molecule has 6 rings (SSSR count). The van der Waals surface area contributed by atoms with Crippen molar-refractivity contribution >= 4 is 29.8 Å². The normalized spacial score (nSPS) is 43.7. The molecule has 0 amide bonds. The number of aliphatic hydroxyl groups is 1. The molecule has 4 aliphatic carbocycles. The van der Waals surface area contributed by atoms with Crippen LogP contribution < -0.4 is 0 Å². The lowest BCUT2D eigenvalue weighted by molar-refractivity contribution is -0.321. The minimum atomic E-state index is -1.28. The van der Waals surface area contributed by atoms with Gasteiger partial charge in [-0.1, -0.05) is 13.8 Å². The molecule has 0 aromatic rings. The van der Waals surface area contributed by atoms with E-state index in [9.17, 15) is 29.1 Å². The van der Waals surface area contributed by atoms with Crippen LogP contribution in [0.2, 0.25) is 0 Å². The molecule has 0 radical (unpaired) electrons. The highest BCUT2D eigenvalue weighted by molar-refractivity contribution is 5.85. The fourth-order valence-electron chi connectivity index (χ4n) is 11.0. The first-order chi connectivity index (χ1) is 23.6. The summed E-state index contributed by atoms with van der Waals surface area (Å²) in [6.07, 6.45) is 2.85. The van der Waals surface area contributed by atoms with E-state index in [0.29, 0.717) is 24.9 Å². The monoisotopic (exact) mass is 704 g/mol. The number of carbonyl (C=O) groups is 5. The lowest BCUT2D eigenvalue weighted by Gasteiger charge is -2.64. The van der Waals surface area contributed by atoms with Crippen LogP contribution in [-0.2, 0) is 57.1 Å². The van der Waals surface area contributed by atoms with Crippen molar-refractivity contribution in [3.63, 3.8) is 0 Å². The van der Waals surface area contributed by atoms with Crippen molar-refractivity contribution in [3.05, 3.63) is 11.6 Å². The number of esters is 5. The molecule has 6 aliphatic rings. The van der Waals surface area contributed by atoms with Gasteiger partial charge >= 0.3 is 29.8 Å². The maximum absolute atomic E-state index is 12.6. The smallest absolute Gasteiger partial charge is 0.331 e. The van der Waals surface area contributed by atoms with Crippen LogP contribution in [0.1, 0.15) is 99.3 Å². The zero-order chi connectivity index (χ0) is 36.2. The molecule has 1 N–H and O–H groups in total. The predicted octanol–water partition coefficient (Wildman–Crippen LogP) is 3.71. The Hall–Kier alpha value is -3.03. The average Bonchev–Trinajstić information content (AvgIpc) is 3.58. The van der Waals surface area contributed by atoms with Gasteiger partial charge in [-0.2, -0.15) is 0 Å². The SMILES string of the molecule is CC(=O)OCC1OC(OC2CCC3(C)C(CCC4C3CCC3(C)C(C5=CC(=O)OC5)CCC43O)C2)C(OC(C)=O)C(OC(C)=O)C1OC(C)=O. The van der Waals surface area contributed by atoms with E-state index in [1.807, 2.05) is 0 Å². The molecule has 5 fully saturated rings. The topological polar surface area (TPSA) is 170 Å². The van der Waals surface area contributed by atoms with Crippen molar-refractivity contribution in [2.75, 3.05) is 13.2 Å². The number of rotatable bonds is 8. The van der Waals surface area contributed by atoms with Crippen LogP contribution in [0.25, 0.3) is 0 Å². The highest BCUT2D eigenvalue weighted by Crippen LogP contribution is 2.70. The highest BCUT2D eigenvalue weighted by Gasteiger charge is 2.68. The van der Waals surface area contributed by atoms with Crippen LogP contribution in [0.15, 0.2) is 11.6 Å². The number of carbonyl (C=O) groups excluding carboxylic acids is 5. The van der Waals surface area contributed by atoms with Gasteiger partial charge < -0.3 is 38.3 Å². The third kappa shape index (κ3) is 6.58. The molecule has 1 saturated heterocycles. The van der Waals surface area contributed by atoms with E-state index in [-0.39, 0.29) is 41.3 Å². The molecular formula is C37H52O13. The molecule has 0 aromatic heterocycles. The van der Waals surface area contributed by atoms with Gasteiger partial charge in [0.15, 0.2) is 24.6 Å². The van der Waals surface area contributed by atoms with Crippen molar-refractivity contribution in [1.82, 2.24) is 0 Å². The molecular weight excluding hydrogens is 652 g/mol. The summed E-state index contributed by atoms with van der Waals surface area (Å²) < 4.78 is 40.0. The van der Waals surface area contributed by atoms with Crippen molar-refractivity contribution < 1.29 is 62.2 Å². The van der Waals surface area contributed by atoms with Gasteiger partial charge in [0.05, 0.1) is 11.7 Å². The molecule has 2 heterocycles.